The van der Waals surface area contributed by atoms with Crippen LogP contribution < -0.4 is 5.32 Å². The summed E-state index contributed by atoms with van der Waals surface area (Å²) in [5.74, 6) is -1.08. The number of rotatable bonds is 4. The summed E-state index contributed by atoms with van der Waals surface area (Å²) in [4.78, 5) is 26.2. The van der Waals surface area contributed by atoms with Gasteiger partial charge in [0.05, 0.1) is 12.5 Å². The second-order valence-electron chi connectivity index (χ2n) is 4.10. The number of carbonyl (C=O) groups excluding carboxylic acids is 1. The number of hydrogen-bond acceptors (Lipinski definition) is 4. The Hall–Kier alpha value is -1.95. The average molecular weight is 250 g/mol. The van der Waals surface area contributed by atoms with Gasteiger partial charge >= 0.3 is 5.97 Å². The van der Waals surface area contributed by atoms with Crippen molar-refractivity contribution in [3.63, 3.8) is 0 Å². The molecular formula is C12H14N2O4. The van der Waals surface area contributed by atoms with Gasteiger partial charge in [-0.3, -0.25) is 4.79 Å². The first kappa shape index (κ1) is 12.5. The number of ether oxygens (including phenoxy) is 1. The van der Waals surface area contributed by atoms with Gasteiger partial charge in [0.25, 0.3) is 0 Å². The van der Waals surface area contributed by atoms with Gasteiger partial charge in [-0.2, -0.15) is 0 Å². The number of carboxylic acids is 1. The lowest BCUT2D eigenvalue weighted by Gasteiger charge is -2.09. The van der Waals surface area contributed by atoms with Crippen molar-refractivity contribution in [1.82, 2.24) is 4.98 Å². The normalized spacial score (nSPS) is 18.6. The minimum absolute atomic E-state index is 0.0346. The predicted octanol–water partition coefficient (Wildman–Crippen LogP) is 1.29. The monoisotopic (exact) mass is 250 g/mol. The number of amides is 1. The Kier molecular flexibility index (Phi) is 3.88. The van der Waals surface area contributed by atoms with E-state index in [0.717, 1.165) is 12.8 Å². The van der Waals surface area contributed by atoms with E-state index >= 15 is 0 Å². The maximum Gasteiger partial charge on any atom is 0.354 e. The number of carbonyl (C=O) groups is 2. The van der Waals surface area contributed by atoms with Crippen molar-refractivity contribution >= 4 is 17.7 Å². The highest BCUT2D eigenvalue weighted by molar-refractivity contribution is 5.91. The Labute approximate surface area is 104 Å². The highest BCUT2D eigenvalue weighted by Crippen LogP contribution is 2.16. The number of anilines is 1. The van der Waals surface area contributed by atoms with Gasteiger partial charge in [-0.05, 0) is 25.0 Å². The number of carboxylic acid groups (broad SMARTS) is 1. The summed E-state index contributed by atoms with van der Waals surface area (Å²) in [7, 11) is 0. The van der Waals surface area contributed by atoms with Crippen molar-refractivity contribution in [2.24, 2.45) is 0 Å². The minimum Gasteiger partial charge on any atom is -0.477 e. The molecule has 0 aliphatic carbocycles. The SMILES string of the molecule is O=C(CC1CCCO1)Nc1cccc(C(=O)O)n1. The van der Waals surface area contributed by atoms with E-state index in [1.54, 1.807) is 6.07 Å². The molecule has 1 fully saturated rings. The maximum atomic E-state index is 11.7. The Morgan fingerprint density at radius 2 is 2.33 bits per heavy atom. The Morgan fingerprint density at radius 1 is 1.50 bits per heavy atom. The first-order valence-corrected chi connectivity index (χ1v) is 5.77. The average Bonchev–Trinajstić information content (AvgIpc) is 2.82. The van der Waals surface area contributed by atoms with Crippen LogP contribution >= 0.6 is 0 Å². The molecule has 0 radical (unpaired) electrons. The zero-order valence-corrected chi connectivity index (χ0v) is 9.76. The molecule has 96 valence electrons. The molecule has 0 bridgehead atoms. The van der Waals surface area contributed by atoms with Crippen molar-refractivity contribution in [2.45, 2.75) is 25.4 Å². The van der Waals surface area contributed by atoms with E-state index in [4.69, 9.17) is 9.84 Å². The molecule has 1 aromatic heterocycles. The largest absolute Gasteiger partial charge is 0.477 e. The molecule has 1 aromatic rings. The molecule has 0 spiro atoms. The zero-order valence-electron chi connectivity index (χ0n) is 9.76. The van der Waals surface area contributed by atoms with Crippen LogP contribution in [0.25, 0.3) is 0 Å². The van der Waals surface area contributed by atoms with Crippen LogP contribution in [0.15, 0.2) is 18.2 Å². The molecule has 1 saturated heterocycles. The van der Waals surface area contributed by atoms with Crippen molar-refractivity contribution in [3.8, 4) is 0 Å². The third-order valence-electron chi connectivity index (χ3n) is 2.67. The molecule has 1 amide bonds. The van der Waals surface area contributed by atoms with Crippen molar-refractivity contribution < 1.29 is 19.4 Å². The molecule has 0 saturated carbocycles. The fraction of sp³-hybridized carbons (Fsp3) is 0.417. The van der Waals surface area contributed by atoms with Crippen molar-refractivity contribution in [1.29, 1.82) is 0 Å². The lowest BCUT2D eigenvalue weighted by atomic mass is 10.2. The molecule has 2 heterocycles. The summed E-state index contributed by atoms with van der Waals surface area (Å²) in [5.41, 5.74) is -0.0927. The molecule has 2 rings (SSSR count). The Bertz CT molecular complexity index is 455. The summed E-state index contributed by atoms with van der Waals surface area (Å²) in [6, 6.07) is 4.47. The van der Waals surface area contributed by atoms with E-state index in [2.05, 4.69) is 10.3 Å². The molecule has 1 aliphatic heterocycles. The Morgan fingerprint density at radius 3 is 3.00 bits per heavy atom. The summed E-state index contributed by atoms with van der Waals surface area (Å²) >= 11 is 0. The first-order valence-electron chi connectivity index (χ1n) is 5.77. The van der Waals surface area contributed by atoms with Crippen molar-refractivity contribution in [3.05, 3.63) is 23.9 Å². The van der Waals surface area contributed by atoms with Crippen LogP contribution in [0, 0.1) is 0 Å². The number of hydrogen-bond donors (Lipinski definition) is 2. The van der Waals surface area contributed by atoms with Crippen molar-refractivity contribution in [2.75, 3.05) is 11.9 Å². The minimum atomic E-state index is -1.12. The first-order chi connectivity index (χ1) is 8.65. The van der Waals surface area contributed by atoms with E-state index < -0.39 is 5.97 Å². The van der Waals surface area contributed by atoms with E-state index in [1.807, 2.05) is 0 Å². The molecule has 2 N–H and O–H groups in total. The van der Waals surface area contributed by atoms with E-state index in [-0.39, 0.29) is 29.9 Å². The molecule has 1 unspecified atom stereocenters. The molecule has 0 aromatic carbocycles. The number of nitrogens with one attached hydrogen (secondary N) is 1. The maximum absolute atomic E-state index is 11.7. The smallest absolute Gasteiger partial charge is 0.354 e. The Balaban J connectivity index is 1.93. The number of nitrogens with zero attached hydrogens (tertiary/aromatic N) is 1. The van der Waals surface area contributed by atoms with Gasteiger partial charge in [0.2, 0.25) is 5.91 Å². The highest BCUT2D eigenvalue weighted by atomic mass is 16.5. The molecule has 1 aliphatic rings. The van der Waals surface area contributed by atoms with Crippen LogP contribution in [0.2, 0.25) is 0 Å². The van der Waals surface area contributed by atoms with Gasteiger partial charge in [-0.25, -0.2) is 9.78 Å². The van der Waals surface area contributed by atoms with E-state index in [0.29, 0.717) is 6.61 Å². The second-order valence-corrected chi connectivity index (χ2v) is 4.10. The van der Waals surface area contributed by atoms with E-state index in [1.165, 1.54) is 12.1 Å². The van der Waals surface area contributed by atoms with Gasteiger partial charge in [0.1, 0.15) is 5.82 Å². The topological polar surface area (TPSA) is 88.5 Å². The fourth-order valence-corrected chi connectivity index (χ4v) is 1.83. The standard InChI is InChI=1S/C12H14N2O4/c15-11(7-8-3-2-6-18-8)14-10-5-1-4-9(13-10)12(16)17/h1,4-5,8H,2-3,6-7H2,(H,16,17)(H,13,14,15). The fourth-order valence-electron chi connectivity index (χ4n) is 1.83. The predicted molar refractivity (Wildman–Crippen MR) is 63.4 cm³/mol. The van der Waals surface area contributed by atoms with Crippen LogP contribution in [0.1, 0.15) is 29.8 Å². The van der Waals surface area contributed by atoms with Crippen LogP contribution in [-0.4, -0.2) is 34.7 Å². The number of aromatic carboxylic acids is 1. The van der Waals surface area contributed by atoms with Gasteiger partial charge in [-0.15, -0.1) is 0 Å². The van der Waals surface area contributed by atoms with Gasteiger partial charge < -0.3 is 15.2 Å². The van der Waals surface area contributed by atoms with Crippen LogP contribution in [0.5, 0.6) is 0 Å². The second kappa shape index (κ2) is 5.59. The molecular weight excluding hydrogens is 236 g/mol. The van der Waals surface area contributed by atoms with Gasteiger partial charge in [0.15, 0.2) is 5.69 Å². The molecule has 18 heavy (non-hydrogen) atoms. The highest BCUT2D eigenvalue weighted by Gasteiger charge is 2.19. The summed E-state index contributed by atoms with van der Waals surface area (Å²) in [6.07, 6.45) is 2.10. The molecule has 6 nitrogen and oxygen atoms in total. The quantitative estimate of drug-likeness (QED) is 0.840. The van der Waals surface area contributed by atoms with Gasteiger partial charge in [0, 0.05) is 6.61 Å². The molecule has 1 atom stereocenters. The number of aromatic nitrogens is 1. The zero-order chi connectivity index (χ0) is 13.0. The third-order valence-corrected chi connectivity index (χ3v) is 2.67. The van der Waals surface area contributed by atoms with Crippen LogP contribution in [0.3, 0.4) is 0 Å². The number of pyridine rings is 1. The summed E-state index contributed by atoms with van der Waals surface area (Å²) in [5, 5.41) is 11.3. The summed E-state index contributed by atoms with van der Waals surface area (Å²) < 4.78 is 5.35. The van der Waals surface area contributed by atoms with Crippen LogP contribution in [0.4, 0.5) is 5.82 Å². The lowest BCUT2D eigenvalue weighted by Crippen LogP contribution is -2.20. The van der Waals surface area contributed by atoms with Crippen LogP contribution in [-0.2, 0) is 9.53 Å². The molecule has 6 heteroatoms. The van der Waals surface area contributed by atoms with E-state index in [9.17, 15) is 9.59 Å². The lowest BCUT2D eigenvalue weighted by molar-refractivity contribution is -0.118. The van der Waals surface area contributed by atoms with Gasteiger partial charge in [-0.1, -0.05) is 6.07 Å². The summed E-state index contributed by atoms with van der Waals surface area (Å²) in [6.45, 7) is 0.699. The third kappa shape index (κ3) is 3.27.